The Morgan fingerprint density at radius 2 is 2.06 bits per heavy atom. The lowest BCUT2D eigenvalue weighted by Crippen LogP contribution is -2.15. The Labute approximate surface area is 106 Å². The van der Waals surface area contributed by atoms with Crippen molar-refractivity contribution < 1.29 is 9.13 Å². The van der Waals surface area contributed by atoms with Gasteiger partial charge in [0.1, 0.15) is 0 Å². The fourth-order valence-electron chi connectivity index (χ4n) is 1.88. The lowest BCUT2D eigenvalue weighted by molar-refractivity contribution is 0.268. The number of halogens is 1. The molecule has 0 spiro atoms. The molecule has 3 nitrogen and oxygen atoms in total. The Morgan fingerprint density at radius 1 is 1.22 bits per heavy atom. The molecule has 0 saturated heterocycles. The van der Waals surface area contributed by atoms with Gasteiger partial charge in [0.25, 0.3) is 0 Å². The van der Waals surface area contributed by atoms with Gasteiger partial charge in [0.2, 0.25) is 0 Å². The van der Waals surface area contributed by atoms with E-state index in [4.69, 9.17) is 10.5 Å². The van der Waals surface area contributed by atoms with Crippen LogP contribution in [-0.2, 0) is 0 Å². The van der Waals surface area contributed by atoms with E-state index in [0.717, 1.165) is 12.1 Å². The third kappa shape index (κ3) is 3.11. The zero-order chi connectivity index (χ0) is 12.8. The lowest BCUT2D eigenvalue weighted by Gasteiger charge is -2.16. The first-order valence-corrected chi connectivity index (χ1v) is 6.02. The second kappa shape index (κ2) is 6.21. The van der Waals surface area contributed by atoms with Crippen molar-refractivity contribution in [2.24, 2.45) is 5.73 Å². The largest absolute Gasteiger partial charge is 0.490 e. The van der Waals surface area contributed by atoms with Gasteiger partial charge in [0, 0.05) is 17.8 Å². The van der Waals surface area contributed by atoms with Crippen molar-refractivity contribution in [3.8, 4) is 5.75 Å². The van der Waals surface area contributed by atoms with E-state index < -0.39 is 0 Å². The van der Waals surface area contributed by atoms with Gasteiger partial charge < -0.3 is 15.5 Å². The minimum absolute atomic E-state index is 0.157. The number of nitrogens with two attached hydrogens (primary N) is 1. The highest BCUT2D eigenvalue weighted by atomic mass is 19.1. The van der Waals surface area contributed by atoms with E-state index in [-0.39, 0.29) is 17.5 Å². The molecule has 0 aliphatic rings. The van der Waals surface area contributed by atoms with Crippen LogP contribution in [0.4, 0.5) is 4.39 Å². The number of hydrogen-bond donors (Lipinski definition) is 2. The van der Waals surface area contributed by atoms with Gasteiger partial charge in [-0.25, -0.2) is 4.39 Å². The molecule has 0 radical (unpaired) electrons. The fourth-order valence-corrected chi connectivity index (χ4v) is 1.88. The second-order valence-electron chi connectivity index (χ2n) is 4.14. The molecule has 0 bridgehead atoms. The molecule has 0 aliphatic heterocycles. The monoisotopic (exact) mass is 248 g/mol. The van der Waals surface area contributed by atoms with Crippen molar-refractivity contribution in [1.82, 2.24) is 4.98 Å². The quantitative estimate of drug-likeness (QED) is 0.825. The van der Waals surface area contributed by atoms with Crippen LogP contribution >= 0.6 is 0 Å². The zero-order valence-corrected chi connectivity index (χ0v) is 10.1. The van der Waals surface area contributed by atoms with Crippen LogP contribution in [0, 0.1) is 5.82 Å². The summed E-state index contributed by atoms with van der Waals surface area (Å²) in [5.74, 6) is 0.103. The Bertz CT molecular complexity index is 470. The van der Waals surface area contributed by atoms with E-state index in [9.17, 15) is 4.39 Å². The van der Waals surface area contributed by atoms with Crippen molar-refractivity contribution in [3.63, 3.8) is 0 Å². The lowest BCUT2D eigenvalue weighted by atomic mass is 10.0. The summed E-state index contributed by atoms with van der Waals surface area (Å²) in [7, 11) is 0. The summed E-state index contributed by atoms with van der Waals surface area (Å²) in [5.41, 5.74) is 6.66. The number of nitrogens with one attached hydrogen (secondary N) is 1. The SMILES string of the molecule is NCCC(COc1ccccc1F)c1ccc[nH]1. The van der Waals surface area contributed by atoms with E-state index in [1.165, 1.54) is 6.07 Å². The highest BCUT2D eigenvalue weighted by molar-refractivity contribution is 5.24. The average Bonchev–Trinajstić information content (AvgIpc) is 2.90. The summed E-state index contributed by atoms with van der Waals surface area (Å²) in [4.78, 5) is 3.14. The molecule has 0 aliphatic carbocycles. The van der Waals surface area contributed by atoms with Crippen molar-refractivity contribution in [1.29, 1.82) is 0 Å². The van der Waals surface area contributed by atoms with Gasteiger partial charge in [-0.1, -0.05) is 12.1 Å². The first-order valence-electron chi connectivity index (χ1n) is 6.02. The number of benzene rings is 1. The summed E-state index contributed by atoms with van der Waals surface area (Å²) in [5, 5.41) is 0. The number of rotatable bonds is 6. The number of ether oxygens (including phenoxy) is 1. The Balaban J connectivity index is 2.00. The Kier molecular flexibility index (Phi) is 4.36. The molecule has 1 atom stereocenters. The predicted octanol–water partition coefficient (Wildman–Crippen LogP) is 2.67. The summed E-state index contributed by atoms with van der Waals surface area (Å²) in [6.07, 6.45) is 2.66. The molecular weight excluding hydrogens is 231 g/mol. The Hall–Kier alpha value is -1.81. The molecule has 1 unspecified atom stereocenters. The van der Waals surface area contributed by atoms with Gasteiger partial charge in [-0.3, -0.25) is 0 Å². The first kappa shape index (κ1) is 12.6. The smallest absolute Gasteiger partial charge is 0.165 e. The van der Waals surface area contributed by atoms with Gasteiger partial charge in [-0.2, -0.15) is 0 Å². The minimum atomic E-state index is -0.338. The van der Waals surface area contributed by atoms with Crippen LogP contribution in [0.25, 0.3) is 0 Å². The van der Waals surface area contributed by atoms with Gasteiger partial charge >= 0.3 is 0 Å². The van der Waals surface area contributed by atoms with Crippen LogP contribution in [-0.4, -0.2) is 18.1 Å². The first-order chi connectivity index (χ1) is 8.81. The highest BCUT2D eigenvalue weighted by Gasteiger charge is 2.13. The van der Waals surface area contributed by atoms with Crippen LogP contribution in [0.3, 0.4) is 0 Å². The molecular formula is C14H17FN2O. The third-order valence-electron chi connectivity index (χ3n) is 2.85. The zero-order valence-electron chi connectivity index (χ0n) is 10.1. The summed E-state index contributed by atoms with van der Waals surface area (Å²) in [6, 6.07) is 10.3. The molecule has 0 saturated carbocycles. The van der Waals surface area contributed by atoms with E-state index in [2.05, 4.69) is 4.98 Å². The number of aromatic nitrogens is 1. The summed E-state index contributed by atoms with van der Waals surface area (Å²) < 4.78 is 18.9. The molecule has 18 heavy (non-hydrogen) atoms. The maximum atomic E-state index is 13.4. The molecule has 2 aromatic rings. The van der Waals surface area contributed by atoms with Gasteiger partial charge in [-0.05, 0) is 37.2 Å². The molecule has 2 rings (SSSR count). The second-order valence-corrected chi connectivity index (χ2v) is 4.14. The predicted molar refractivity (Wildman–Crippen MR) is 69.1 cm³/mol. The van der Waals surface area contributed by atoms with E-state index in [1.807, 2.05) is 18.3 Å². The number of hydrogen-bond acceptors (Lipinski definition) is 2. The van der Waals surface area contributed by atoms with E-state index >= 15 is 0 Å². The maximum Gasteiger partial charge on any atom is 0.165 e. The van der Waals surface area contributed by atoms with Crippen LogP contribution in [0.1, 0.15) is 18.0 Å². The molecule has 0 fully saturated rings. The summed E-state index contributed by atoms with van der Waals surface area (Å²) >= 11 is 0. The normalized spacial score (nSPS) is 12.3. The molecule has 1 aromatic carbocycles. The highest BCUT2D eigenvalue weighted by Crippen LogP contribution is 2.21. The maximum absolute atomic E-state index is 13.4. The number of H-pyrrole nitrogens is 1. The van der Waals surface area contributed by atoms with Crippen molar-refractivity contribution in [2.75, 3.05) is 13.2 Å². The van der Waals surface area contributed by atoms with Crippen molar-refractivity contribution in [2.45, 2.75) is 12.3 Å². The number of aromatic amines is 1. The minimum Gasteiger partial charge on any atom is -0.490 e. The molecule has 1 aromatic heterocycles. The van der Waals surface area contributed by atoms with E-state index in [0.29, 0.717) is 13.2 Å². The topological polar surface area (TPSA) is 51.0 Å². The molecule has 96 valence electrons. The van der Waals surface area contributed by atoms with Crippen molar-refractivity contribution >= 4 is 0 Å². The Morgan fingerprint density at radius 3 is 2.72 bits per heavy atom. The van der Waals surface area contributed by atoms with E-state index in [1.54, 1.807) is 18.2 Å². The van der Waals surface area contributed by atoms with Crippen molar-refractivity contribution in [3.05, 3.63) is 54.1 Å². The fraction of sp³-hybridized carbons (Fsp3) is 0.286. The van der Waals surface area contributed by atoms with Gasteiger partial charge in [0.15, 0.2) is 11.6 Å². The average molecular weight is 248 g/mol. The van der Waals surface area contributed by atoms with Crippen LogP contribution in [0.2, 0.25) is 0 Å². The van der Waals surface area contributed by atoms with Crippen LogP contribution in [0.15, 0.2) is 42.6 Å². The summed E-state index contributed by atoms with van der Waals surface area (Å²) in [6.45, 7) is 0.989. The molecule has 3 N–H and O–H groups in total. The van der Waals surface area contributed by atoms with Crippen LogP contribution in [0.5, 0.6) is 5.75 Å². The van der Waals surface area contributed by atoms with Gasteiger partial charge in [0.05, 0.1) is 6.61 Å². The number of para-hydroxylation sites is 1. The molecule has 0 amide bonds. The third-order valence-corrected chi connectivity index (χ3v) is 2.85. The molecule has 1 heterocycles. The standard InChI is InChI=1S/C14H17FN2O/c15-12-4-1-2-6-14(12)18-10-11(7-8-16)13-5-3-9-17-13/h1-6,9,11,17H,7-8,10,16H2. The van der Waals surface area contributed by atoms with Gasteiger partial charge in [-0.15, -0.1) is 0 Å². The van der Waals surface area contributed by atoms with Crippen LogP contribution < -0.4 is 10.5 Å². The molecule has 4 heteroatoms.